The van der Waals surface area contributed by atoms with Crippen LogP contribution in [0, 0.1) is 0 Å². The van der Waals surface area contributed by atoms with Crippen molar-refractivity contribution in [3.05, 3.63) is 65.2 Å². The molecule has 0 amide bonds. The van der Waals surface area contributed by atoms with Gasteiger partial charge in [-0.2, -0.15) is 0 Å². The summed E-state index contributed by atoms with van der Waals surface area (Å²) in [6.45, 7) is 0. The number of nitrogens with two attached hydrogens (primary N) is 1. The second-order valence-corrected chi connectivity index (χ2v) is 6.36. The summed E-state index contributed by atoms with van der Waals surface area (Å²) in [6.07, 6.45) is 6.18. The minimum atomic E-state index is -0.0332. The van der Waals surface area contributed by atoms with E-state index in [1.807, 2.05) is 0 Å². The van der Waals surface area contributed by atoms with Crippen LogP contribution in [0.5, 0.6) is 0 Å². The molecule has 0 heterocycles. The summed E-state index contributed by atoms with van der Waals surface area (Å²) in [7, 11) is 0. The van der Waals surface area contributed by atoms with Gasteiger partial charge in [-0.1, -0.05) is 48.9 Å². The minimum absolute atomic E-state index is 0.0332. The summed E-state index contributed by atoms with van der Waals surface area (Å²) in [5.74, 6) is 0.791. The van der Waals surface area contributed by atoms with Crippen LogP contribution in [-0.4, -0.2) is 6.26 Å². The summed E-state index contributed by atoms with van der Waals surface area (Å²) < 4.78 is 0. The van der Waals surface area contributed by atoms with Crippen LogP contribution in [0.3, 0.4) is 0 Å². The van der Waals surface area contributed by atoms with E-state index in [4.69, 9.17) is 5.73 Å². The summed E-state index contributed by atoms with van der Waals surface area (Å²) in [6, 6.07) is 17.3. The van der Waals surface area contributed by atoms with Crippen molar-refractivity contribution in [1.29, 1.82) is 0 Å². The van der Waals surface area contributed by atoms with Crippen LogP contribution in [0.2, 0.25) is 0 Å². The third kappa shape index (κ3) is 2.63. The van der Waals surface area contributed by atoms with Crippen molar-refractivity contribution >= 4 is 11.8 Å². The Morgan fingerprint density at radius 2 is 1.75 bits per heavy atom. The topological polar surface area (TPSA) is 26.0 Å². The molecule has 1 atom stereocenters. The SMILES string of the molecule is CSc1ccccc1C(N)c1ccc(C2CCC2)cc1. The van der Waals surface area contributed by atoms with Crippen LogP contribution in [-0.2, 0) is 0 Å². The number of hydrogen-bond acceptors (Lipinski definition) is 2. The van der Waals surface area contributed by atoms with Gasteiger partial charge in [-0.05, 0) is 47.8 Å². The average Bonchev–Trinajstić information content (AvgIpc) is 2.45. The Morgan fingerprint density at radius 3 is 2.35 bits per heavy atom. The molecule has 2 heteroatoms. The van der Waals surface area contributed by atoms with Gasteiger partial charge in [0.2, 0.25) is 0 Å². The molecule has 104 valence electrons. The number of thioether (sulfide) groups is 1. The monoisotopic (exact) mass is 283 g/mol. The molecular formula is C18H21NS. The number of hydrogen-bond donors (Lipinski definition) is 1. The Hall–Kier alpha value is -1.25. The molecule has 3 rings (SSSR count). The van der Waals surface area contributed by atoms with E-state index in [0.717, 1.165) is 5.92 Å². The van der Waals surface area contributed by atoms with E-state index in [9.17, 15) is 0 Å². The van der Waals surface area contributed by atoms with Gasteiger partial charge >= 0.3 is 0 Å². The van der Waals surface area contributed by atoms with Gasteiger partial charge in [0.05, 0.1) is 6.04 Å². The molecule has 2 aromatic carbocycles. The maximum Gasteiger partial charge on any atom is 0.0562 e. The van der Waals surface area contributed by atoms with Gasteiger partial charge in [-0.25, -0.2) is 0 Å². The van der Waals surface area contributed by atoms with E-state index in [1.165, 1.54) is 40.8 Å². The van der Waals surface area contributed by atoms with Crippen LogP contribution in [0.25, 0.3) is 0 Å². The quantitative estimate of drug-likeness (QED) is 0.821. The summed E-state index contributed by atoms with van der Waals surface area (Å²) >= 11 is 1.76. The predicted molar refractivity (Wildman–Crippen MR) is 87.3 cm³/mol. The molecular weight excluding hydrogens is 262 g/mol. The maximum absolute atomic E-state index is 6.45. The molecule has 0 aliphatic heterocycles. The van der Waals surface area contributed by atoms with E-state index in [-0.39, 0.29) is 6.04 Å². The molecule has 1 unspecified atom stereocenters. The lowest BCUT2D eigenvalue weighted by Crippen LogP contribution is -2.13. The van der Waals surface area contributed by atoms with Crippen LogP contribution in [0.4, 0.5) is 0 Å². The van der Waals surface area contributed by atoms with Crippen LogP contribution in [0.1, 0.15) is 47.9 Å². The molecule has 1 nitrogen and oxygen atoms in total. The molecule has 20 heavy (non-hydrogen) atoms. The third-order valence-corrected chi connectivity index (χ3v) is 5.16. The highest BCUT2D eigenvalue weighted by molar-refractivity contribution is 7.98. The van der Waals surface area contributed by atoms with E-state index in [1.54, 1.807) is 11.8 Å². The molecule has 0 aromatic heterocycles. The minimum Gasteiger partial charge on any atom is -0.320 e. The van der Waals surface area contributed by atoms with Gasteiger partial charge in [0, 0.05) is 4.90 Å². The first-order valence-corrected chi connectivity index (χ1v) is 8.50. The van der Waals surface area contributed by atoms with Gasteiger partial charge in [0.15, 0.2) is 0 Å². The Bertz CT molecular complexity index is 572. The van der Waals surface area contributed by atoms with Gasteiger partial charge in [-0.3, -0.25) is 0 Å². The molecule has 0 bridgehead atoms. The molecule has 2 N–H and O–H groups in total. The van der Waals surface area contributed by atoms with Crippen molar-refractivity contribution in [2.24, 2.45) is 5.73 Å². The highest BCUT2D eigenvalue weighted by atomic mass is 32.2. The van der Waals surface area contributed by atoms with Gasteiger partial charge < -0.3 is 5.73 Å². The Kier molecular flexibility index (Phi) is 4.13. The first-order chi connectivity index (χ1) is 9.79. The fourth-order valence-electron chi connectivity index (χ4n) is 2.82. The standard InChI is InChI=1S/C18H21NS/c1-20-17-8-3-2-7-16(17)18(19)15-11-9-14(10-12-15)13-5-4-6-13/h2-3,7-13,18H,4-6,19H2,1H3. The first-order valence-electron chi connectivity index (χ1n) is 7.28. The third-order valence-electron chi connectivity index (χ3n) is 4.35. The van der Waals surface area contributed by atoms with Crippen molar-refractivity contribution in [1.82, 2.24) is 0 Å². The summed E-state index contributed by atoms with van der Waals surface area (Å²) in [4.78, 5) is 1.27. The zero-order valence-electron chi connectivity index (χ0n) is 11.9. The molecule has 1 fully saturated rings. The van der Waals surface area contributed by atoms with E-state index < -0.39 is 0 Å². The van der Waals surface area contributed by atoms with Gasteiger partial charge in [0.25, 0.3) is 0 Å². The molecule has 1 aliphatic rings. The normalized spacial score (nSPS) is 16.7. The second-order valence-electron chi connectivity index (χ2n) is 5.51. The average molecular weight is 283 g/mol. The Morgan fingerprint density at radius 1 is 1.05 bits per heavy atom. The molecule has 2 aromatic rings. The Labute approximate surface area is 125 Å². The van der Waals surface area contributed by atoms with E-state index >= 15 is 0 Å². The largest absolute Gasteiger partial charge is 0.320 e. The van der Waals surface area contributed by atoms with Crippen LogP contribution < -0.4 is 5.73 Å². The van der Waals surface area contributed by atoms with Crippen molar-refractivity contribution in [3.8, 4) is 0 Å². The maximum atomic E-state index is 6.45. The molecule has 1 saturated carbocycles. The molecule has 0 radical (unpaired) electrons. The lowest BCUT2D eigenvalue weighted by Gasteiger charge is -2.26. The number of rotatable bonds is 4. The number of benzene rings is 2. The Balaban J connectivity index is 1.84. The zero-order chi connectivity index (χ0) is 13.9. The van der Waals surface area contributed by atoms with Crippen molar-refractivity contribution in [2.75, 3.05) is 6.26 Å². The predicted octanol–water partition coefficient (Wildman–Crippen LogP) is 4.72. The first kappa shape index (κ1) is 13.7. The highest BCUT2D eigenvalue weighted by Gasteiger charge is 2.19. The van der Waals surface area contributed by atoms with Crippen LogP contribution in [0.15, 0.2) is 53.4 Å². The highest BCUT2D eigenvalue weighted by Crippen LogP contribution is 2.37. The van der Waals surface area contributed by atoms with E-state index in [2.05, 4.69) is 54.8 Å². The smallest absolute Gasteiger partial charge is 0.0562 e. The van der Waals surface area contributed by atoms with Gasteiger partial charge in [-0.15, -0.1) is 11.8 Å². The van der Waals surface area contributed by atoms with Crippen molar-refractivity contribution in [2.45, 2.75) is 36.1 Å². The van der Waals surface area contributed by atoms with Gasteiger partial charge in [0.1, 0.15) is 0 Å². The fourth-order valence-corrected chi connectivity index (χ4v) is 3.47. The van der Waals surface area contributed by atoms with E-state index in [0.29, 0.717) is 0 Å². The summed E-state index contributed by atoms with van der Waals surface area (Å²) in [5.41, 5.74) is 10.4. The zero-order valence-corrected chi connectivity index (χ0v) is 12.7. The van der Waals surface area contributed by atoms with Crippen LogP contribution >= 0.6 is 11.8 Å². The molecule has 0 spiro atoms. The second kappa shape index (κ2) is 6.02. The van der Waals surface area contributed by atoms with Crippen molar-refractivity contribution in [3.63, 3.8) is 0 Å². The molecule has 1 aliphatic carbocycles. The lowest BCUT2D eigenvalue weighted by molar-refractivity contribution is 0.419. The fraction of sp³-hybridized carbons (Fsp3) is 0.333. The summed E-state index contributed by atoms with van der Waals surface area (Å²) in [5, 5.41) is 0. The molecule has 0 saturated heterocycles. The van der Waals surface area contributed by atoms with Crippen molar-refractivity contribution < 1.29 is 0 Å². The lowest BCUT2D eigenvalue weighted by atomic mass is 9.79.